The Morgan fingerprint density at radius 2 is 2.20 bits per heavy atom. The number of hydrogen-bond acceptors (Lipinski definition) is 2. The summed E-state index contributed by atoms with van der Waals surface area (Å²) in [5, 5.41) is 8.58. The van der Waals surface area contributed by atoms with E-state index in [0.29, 0.717) is 6.10 Å². The highest BCUT2D eigenvalue weighted by atomic mass is 16.6. The van der Waals surface area contributed by atoms with E-state index in [2.05, 4.69) is 19.1 Å². The van der Waals surface area contributed by atoms with Gasteiger partial charge in [-0.3, -0.25) is 0 Å². The molecule has 1 aliphatic heterocycles. The summed E-state index contributed by atoms with van der Waals surface area (Å²) in [4.78, 5) is 0. The van der Waals surface area contributed by atoms with Crippen molar-refractivity contribution in [3.8, 4) is 0 Å². The Morgan fingerprint density at radius 3 is 2.70 bits per heavy atom. The summed E-state index contributed by atoms with van der Waals surface area (Å²) in [7, 11) is 0. The largest absolute Gasteiger partial charge is 0.394 e. The van der Waals surface area contributed by atoms with Gasteiger partial charge in [-0.15, -0.1) is 0 Å². The van der Waals surface area contributed by atoms with Crippen molar-refractivity contribution in [3.05, 3.63) is 12.2 Å². The lowest BCUT2D eigenvalue weighted by Gasteiger charge is -1.83. The second kappa shape index (κ2) is 3.74. The fraction of sp³-hybridized carbons (Fsp3) is 0.750. The molecule has 1 aliphatic rings. The van der Waals surface area contributed by atoms with Gasteiger partial charge >= 0.3 is 0 Å². The molecule has 0 amide bonds. The topological polar surface area (TPSA) is 32.8 Å². The van der Waals surface area contributed by atoms with E-state index in [1.165, 1.54) is 0 Å². The molecule has 0 radical (unpaired) electrons. The molecule has 0 aliphatic carbocycles. The van der Waals surface area contributed by atoms with E-state index >= 15 is 0 Å². The third-order valence-electron chi connectivity index (χ3n) is 1.64. The molecular weight excluding hydrogens is 128 g/mol. The van der Waals surface area contributed by atoms with Crippen LogP contribution in [-0.2, 0) is 4.74 Å². The predicted molar refractivity (Wildman–Crippen MR) is 39.8 cm³/mol. The molecule has 10 heavy (non-hydrogen) atoms. The van der Waals surface area contributed by atoms with Crippen molar-refractivity contribution in [2.75, 3.05) is 6.61 Å². The van der Waals surface area contributed by atoms with E-state index in [0.717, 1.165) is 12.8 Å². The Morgan fingerprint density at radius 1 is 1.40 bits per heavy atom. The van der Waals surface area contributed by atoms with Crippen LogP contribution in [0.4, 0.5) is 0 Å². The molecule has 58 valence electrons. The molecule has 1 saturated heterocycles. The first kappa shape index (κ1) is 7.76. The van der Waals surface area contributed by atoms with Crippen LogP contribution in [0.15, 0.2) is 12.2 Å². The lowest BCUT2D eigenvalue weighted by atomic mass is 10.2. The smallest absolute Gasteiger partial charge is 0.107 e. The Balaban J connectivity index is 2.01. The van der Waals surface area contributed by atoms with Crippen molar-refractivity contribution in [1.82, 2.24) is 0 Å². The summed E-state index contributed by atoms with van der Waals surface area (Å²) in [5.41, 5.74) is 0. The Labute approximate surface area is 61.5 Å². The number of aliphatic hydroxyl groups excluding tert-OH is 1. The minimum Gasteiger partial charge on any atom is -0.394 e. The van der Waals surface area contributed by atoms with Crippen LogP contribution < -0.4 is 0 Å². The van der Waals surface area contributed by atoms with Crippen LogP contribution in [0.2, 0.25) is 0 Å². The fourth-order valence-electron chi connectivity index (χ4n) is 0.944. The van der Waals surface area contributed by atoms with Gasteiger partial charge in [0.1, 0.15) is 6.10 Å². The van der Waals surface area contributed by atoms with Crippen LogP contribution in [0.5, 0.6) is 0 Å². The summed E-state index contributed by atoms with van der Waals surface area (Å²) in [6, 6.07) is 0. The molecule has 0 saturated carbocycles. The highest BCUT2D eigenvalue weighted by Crippen LogP contribution is 2.24. The molecule has 1 fully saturated rings. The molecule has 2 nitrogen and oxygen atoms in total. The number of aliphatic hydroxyl groups is 1. The number of epoxide rings is 1. The van der Waals surface area contributed by atoms with Crippen LogP contribution in [0, 0.1) is 0 Å². The maximum atomic E-state index is 8.58. The first-order chi connectivity index (χ1) is 4.88. The molecule has 0 bridgehead atoms. The predicted octanol–water partition coefficient (Wildman–Crippen LogP) is 1.10. The number of ether oxygens (including phenoxy) is 1. The molecule has 1 N–H and O–H groups in total. The molecule has 0 spiro atoms. The van der Waals surface area contributed by atoms with Gasteiger partial charge in [0, 0.05) is 0 Å². The molecule has 0 aromatic heterocycles. The normalized spacial score (nSPS) is 31.4. The van der Waals surface area contributed by atoms with E-state index in [1.54, 1.807) is 0 Å². The summed E-state index contributed by atoms with van der Waals surface area (Å²) < 4.78 is 5.11. The van der Waals surface area contributed by atoms with Gasteiger partial charge in [-0.25, -0.2) is 0 Å². The average Bonchev–Trinajstić information content (AvgIpc) is 2.68. The van der Waals surface area contributed by atoms with Crippen molar-refractivity contribution in [1.29, 1.82) is 0 Å². The van der Waals surface area contributed by atoms with Gasteiger partial charge in [0.2, 0.25) is 0 Å². The van der Waals surface area contributed by atoms with Crippen molar-refractivity contribution in [2.45, 2.75) is 32.0 Å². The second-order valence-electron chi connectivity index (χ2n) is 2.51. The zero-order valence-electron chi connectivity index (χ0n) is 6.29. The molecule has 1 heterocycles. The lowest BCUT2D eigenvalue weighted by molar-refractivity contribution is 0.242. The van der Waals surface area contributed by atoms with E-state index in [-0.39, 0.29) is 12.7 Å². The van der Waals surface area contributed by atoms with Crippen LogP contribution in [0.1, 0.15) is 19.8 Å². The summed E-state index contributed by atoms with van der Waals surface area (Å²) in [6.45, 7) is 2.28. The van der Waals surface area contributed by atoms with Gasteiger partial charge in [-0.05, 0) is 12.8 Å². The Hall–Kier alpha value is -0.340. The van der Waals surface area contributed by atoms with Crippen LogP contribution in [-0.4, -0.2) is 23.9 Å². The quantitative estimate of drug-likeness (QED) is 0.471. The second-order valence-corrected chi connectivity index (χ2v) is 2.51. The molecular formula is C8H14O2. The minimum atomic E-state index is 0.126. The minimum absolute atomic E-state index is 0.126. The SMILES string of the molecule is CC/C=C\CC1OC1CO. The van der Waals surface area contributed by atoms with Crippen molar-refractivity contribution in [2.24, 2.45) is 0 Å². The highest BCUT2D eigenvalue weighted by molar-refractivity contribution is 4.92. The van der Waals surface area contributed by atoms with Crippen LogP contribution in [0.25, 0.3) is 0 Å². The first-order valence-electron chi connectivity index (χ1n) is 3.79. The Bertz CT molecular complexity index is 120. The van der Waals surface area contributed by atoms with Gasteiger partial charge in [-0.1, -0.05) is 19.1 Å². The summed E-state index contributed by atoms with van der Waals surface area (Å²) in [5.74, 6) is 0. The molecule has 2 unspecified atom stereocenters. The third kappa shape index (κ3) is 2.12. The van der Waals surface area contributed by atoms with Gasteiger partial charge in [0.15, 0.2) is 0 Å². The average molecular weight is 142 g/mol. The molecule has 1 rings (SSSR count). The van der Waals surface area contributed by atoms with Crippen molar-refractivity contribution >= 4 is 0 Å². The van der Waals surface area contributed by atoms with Gasteiger partial charge < -0.3 is 9.84 Å². The molecule has 0 aromatic rings. The zero-order valence-corrected chi connectivity index (χ0v) is 6.29. The van der Waals surface area contributed by atoms with E-state index in [9.17, 15) is 0 Å². The highest BCUT2D eigenvalue weighted by Gasteiger charge is 2.36. The van der Waals surface area contributed by atoms with Gasteiger partial charge in [-0.2, -0.15) is 0 Å². The van der Waals surface area contributed by atoms with Crippen LogP contribution in [0.3, 0.4) is 0 Å². The maximum Gasteiger partial charge on any atom is 0.107 e. The standard InChI is InChI=1S/C8H14O2/c1-2-3-4-5-7-8(6-9)10-7/h3-4,7-9H,2,5-6H2,1H3/b4-3-. The van der Waals surface area contributed by atoms with Gasteiger partial charge in [0.05, 0.1) is 12.7 Å². The van der Waals surface area contributed by atoms with Crippen molar-refractivity contribution in [3.63, 3.8) is 0 Å². The molecule has 2 heteroatoms. The fourth-order valence-corrected chi connectivity index (χ4v) is 0.944. The molecule has 0 aromatic carbocycles. The number of rotatable bonds is 4. The summed E-state index contributed by atoms with van der Waals surface area (Å²) in [6.07, 6.45) is 6.70. The zero-order chi connectivity index (χ0) is 7.40. The van der Waals surface area contributed by atoms with E-state index in [4.69, 9.17) is 9.84 Å². The summed E-state index contributed by atoms with van der Waals surface area (Å²) >= 11 is 0. The van der Waals surface area contributed by atoms with Crippen LogP contribution >= 0.6 is 0 Å². The first-order valence-corrected chi connectivity index (χ1v) is 3.79. The lowest BCUT2D eigenvalue weighted by Crippen LogP contribution is -1.97. The maximum absolute atomic E-state index is 8.58. The van der Waals surface area contributed by atoms with E-state index in [1.807, 2.05) is 0 Å². The Kier molecular flexibility index (Phi) is 2.90. The third-order valence-corrected chi connectivity index (χ3v) is 1.64. The van der Waals surface area contributed by atoms with Gasteiger partial charge in [0.25, 0.3) is 0 Å². The van der Waals surface area contributed by atoms with Crippen molar-refractivity contribution < 1.29 is 9.84 Å². The molecule has 2 atom stereocenters. The number of allylic oxidation sites excluding steroid dienone is 1. The monoisotopic (exact) mass is 142 g/mol. The number of hydrogen-bond donors (Lipinski definition) is 1. The van der Waals surface area contributed by atoms with E-state index < -0.39 is 0 Å².